The molecule has 1 aliphatic rings. The van der Waals surface area contributed by atoms with Crippen LogP contribution in [0.5, 0.6) is 0 Å². The van der Waals surface area contributed by atoms with Gasteiger partial charge in [0.05, 0.1) is 6.17 Å². The quantitative estimate of drug-likeness (QED) is 0.654. The number of aliphatic hydroxyl groups is 1. The molecule has 2 atom stereocenters. The summed E-state index contributed by atoms with van der Waals surface area (Å²) in [7, 11) is 1.66. The molecule has 0 saturated heterocycles. The molecule has 0 bridgehead atoms. The summed E-state index contributed by atoms with van der Waals surface area (Å²) in [4.78, 5) is 2.19. The van der Waals surface area contributed by atoms with Crippen LogP contribution in [0.1, 0.15) is 40.9 Å². The minimum Gasteiger partial charge on any atom is -0.372 e. The van der Waals surface area contributed by atoms with Crippen LogP contribution in [-0.4, -0.2) is 24.3 Å². The van der Waals surface area contributed by atoms with E-state index in [1.807, 2.05) is 24.3 Å². The van der Waals surface area contributed by atoms with Crippen molar-refractivity contribution in [3.63, 3.8) is 0 Å². The first kappa shape index (κ1) is 20.5. The minimum atomic E-state index is -3.24. The van der Waals surface area contributed by atoms with Gasteiger partial charge in [0.25, 0.3) is 5.92 Å². The fourth-order valence-electron chi connectivity index (χ4n) is 3.69. The second-order valence-corrected chi connectivity index (χ2v) is 7.44. The van der Waals surface area contributed by atoms with Gasteiger partial charge in [0, 0.05) is 30.4 Å². The second-order valence-electron chi connectivity index (χ2n) is 7.44. The lowest BCUT2D eigenvalue weighted by Gasteiger charge is -2.26. The molecule has 0 amide bonds. The Balaban J connectivity index is 1.90. The fraction of sp³-hybridized carbons (Fsp3) is 0.364. The standard InChI is InChI=1S/C22H27F2N3O/c1-13-7-6-8-14(2)19(13)27-12-17-10-9-16(11-18(17)15(27)3)20(25-5)26-21(28)22(4,23)24/h6-11,20-21,25-26,28H,3,12H2,1-2,4-5H3. The number of benzene rings is 2. The summed E-state index contributed by atoms with van der Waals surface area (Å²) in [6.45, 7) is 9.84. The van der Waals surface area contributed by atoms with Crippen molar-refractivity contribution in [3.8, 4) is 0 Å². The average Bonchev–Trinajstić information content (AvgIpc) is 2.94. The van der Waals surface area contributed by atoms with E-state index in [-0.39, 0.29) is 0 Å². The van der Waals surface area contributed by atoms with Gasteiger partial charge in [-0.2, -0.15) is 0 Å². The number of alkyl halides is 2. The molecule has 0 radical (unpaired) electrons. The van der Waals surface area contributed by atoms with E-state index in [2.05, 4.69) is 48.1 Å². The summed E-state index contributed by atoms with van der Waals surface area (Å²) >= 11 is 0. The van der Waals surface area contributed by atoms with Gasteiger partial charge in [0.1, 0.15) is 0 Å². The Kier molecular flexibility index (Phi) is 5.57. The molecular formula is C22H27F2N3O. The number of nitrogens with zero attached hydrogens (tertiary/aromatic N) is 1. The van der Waals surface area contributed by atoms with Crippen LogP contribution in [0.3, 0.4) is 0 Å². The van der Waals surface area contributed by atoms with Gasteiger partial charge in [-0.15, -0.1) is 0 Å². The van der Waals surface area contributed by atoms with Gasteiger partial charge in [0.15, 0.2) is 6.23 Å². The maximum absolute atomic E-state index is 13.4. The van der Waals surface area contributed by atoms with E-state index in [1.165, 1.54) is 11.1 Å². The molecule has 2 unspecified atom stereocenters. The maximum atomic E-state index is 13.4. The van der Waals surface area contributed by atoms with E-state index >= 15 is 0 Å². The zero-order valence-electron chi connectivity index (χ0n) is 16.7. The van der Waals surface area contributed by atoms with E-state index < -0.39 is 18.3 Å². The maximum Gasteiger partial charge on any atom is 0.283 e. The van der Waals surface area contributed by atoms with Crippen molar-refractivity contribution in [2.24, 2.45) is 0 Å². The monoisotopic (exact) mass is 387 g/mol. The molecule has 3 rings (SSSR count). The van der Waals surface area contributed by atoms with E-state index in [1.54, 1.807) is 7.05 Å². The lowest BCUT2D eigenvalue weighted by atomic mass is 10.0. The molecule has 1 aliphatic heterocycles. The number of aryl methyl sites for hydroxylation is 2. The summed E-state index contributed by atoms with van der Waals surface area (Å²) in [6, 6.07) is 12.0. The number of anilines is 1. The van der Waals surface area contributed by atoms with E-state index in [0.29, 0.717) is 13.5 Å². The smallest absolute Gasteiger partial charge is 0.283 e. The number of hydrogen-bond donors (Lipinski definition) is 3. The van der Waals surface area contributed by atoms with Crippen molar-refractivity contribution in [3.05, 3.63) is 70.8 Å². The number of aliphatic hydroxyl groups excluding tert-OH is 1. The van der Waals surface area contributed by atoms with Crippen LogP contribution >= 0.6 is 0 Å². The fourth-order valence-corrected chi connectivity index (χ4v) is 3.69. The predicted molar refractivity (Wildman–Crippen MR) is 109 cm³/mol. The largest absolute Gasteiger partial charge is 0.372 e. The Hall–Kier alpha value is -2.28. The van der Waals surface area contributed by atoms with Gasteiger partial charge in [-0.25, -0.2) is 8.78 Å². The third kappa shape index (κ3) is 3.81. The zero-order chi connectivity index (χ0) is 20.6. The highest BCUT2D eigenvalue weighted by Crippen LogP contribution is 2.39. The SMILES string of the molecule is C=C1c2cc(C(NC)NC(O)C(C)(F)F)ccc2CN1c1c(C)cccc1C. The summed E-state index contributed by atoms with van der Waals surface area (Å²) in [5.74, 6) is -3.24. The number of nitrogens with one attached hydrogen (secondary N) is 2. The lowest BCUT2D eigenvalue weighted by molar-refractivity contribution is -0.113. The van der Waals surface area contributed by atoms with Crippen molar-refractivity contribution in [1.29, 1.82) is 0 Å². The highest BCUT2D eigenvalue weighted by molar-refractivity contribution is 5.86. The van der Waals surface area contributed by atoms with E-state index in [4.69, 9.17) is 0 Å². The molecule has 1 heterocycles. The van der Waals surface area contributed by atoms with Crippen molar-refractivity contribution in [2.45, 2.75) is 45.6 Å². The van der Waals surface area contributed by atoms with Gasteiger partial charge in [-0.1, -0.05) is 36.9 Å². The van der Waals surface area contributed by atoms with Crippen molar-refractivity contribution < 1.29 is 13.9 Å². The second kappa shape index (κ2) is 7.62. The van der Waals surface area contributed by atoms with Crippen LogP contribution in [0.2, 0.25) is 0 Å². The third-order valence-electron chi connectivity index (χ3n) is 5.24. The van der Waals surface area contributed by atoms with E-state index in [0.717, 1.165) is 28.1 Å². The normalized spacial score (nSPS) is 16.2. The van der Waals surface area contributed by atoms with Crippen molar-refractivity contribution in [1.82, 2.24) is 10.6 Å². The number of fused-ring (bicyclic) bond motifs is 1. The van der Waals surface area contributed by atoms with Crippen LogP contribution in [-0.2, 0) is 6.54 Å². The first-order chi connectivity index (χ1) is 13.1. The number of hydrogen-bond acceptors (Lipinski definition) is 4. The Morgan fingerprint density at radius 3 is 2.39 bits per heavy atom. The molecule has 0 saturated carbocycles. The minimum absolute atomic E-state index is 0.617. The topological polar surface area (TPSA) is 47.5 Å². The van der Waals surface area contributed by atoms with Crippen LogP contribution in [0, 0.1) is 13.8 Å². The molecule has 2 aromatic carbocycles. The highest BCUT2D eigenvalue weighted by atomic mass is 19.3. The Morgan fingerprint density at radius 1 is 1.18 bits per heavy atom. The van der Waals surface area contributed by atoms with Gasteiger partial charge in [-0.3, -0.25) is 5.32 Å². The van der Waals surface area contributed by atoms with Gasteiger partial charge >= 0.3 is 0 Å². The summed E-state index contributed by atoms with van der Waals surface area (Å²) < 4.78 is 26.7. The lowest BCUT2D eigenvalue weighted by Crippen LogP contribution is -2.47. The van der Waals surface area contributed by atoms with Crippen molar-refractivity contribution >= 4 is 11.4 Å². The molecule has 28 heavy (non-hydrogen) atoms. The Bertz CT molecular complexity index is 872. The molecule has 0 fully saturated rings. The molecule has 6 heteroatoms. The average molecular weight is 387 g/mol. The molecule has 0 aromatic heterocycles. The van der Waals surface area contributed by atoms with E-state index in [9.17, 15) is 13.9 Å². The van der Waals surface area contributed by atoms with Gasteiger partial charge in [0.2, 0.25) is 0 Å². The van der Waals surface area contributed by atoms with Crippen LogP contribution in [0.15, 0.2) is 43.0 Å². The zero-order valence-corrected chi connectivity index (χ0v) is 16.7. The molecule has 4 nitrogen and oxygen atoms in total. The van der Waals surface area contributed by atoms with Crippen LogP contribution in [0.25, 0.3) is 5.70 Å². The number of para-hydroxylation sites is 1. The Labute approximate surface area is 164 Å². The highest BCUT2D eigenvalue weighted by Gasteiger charge is 2.34. The molecule has 3 N–H and O–H groups in total. The predicted octanol–water partition coefficient (Wildman–Crippen LogP) is 4.08. The summed E-state index contributed by atoms with van der Waals surface area (Å²) in [5, 5.41) is 15.2. The molecule has 0 aliphatic carbocycles. The van der Waals surface area contributed by atoms with Crippen LogP contribution in [0.4, 0.5) is 14.5 Å². The molecular weight excluding hydrogens is 360 g/mol. The molecule has 150 valence electrons. The van der Waals surface area contributed by atoms with Gasteiger partial charge < -0.3 is 15.3 Å². The van der Waals surface area contributed by atoms with Crippen molar-refractivity contribution in [2.75, 3.05) is 11.9 Å². The Morgan fingerprint density at radius 2 is 1.82 bits per heavy atom. The van der Waals surface area contributed by atoms with Gasteiger partial charge in [-0.05, 0) is 49.2 Å². The summed E-state index contributed by atoms with van der Waals surface area (Å²) in [5.41, 5.74) is 7.26. The first-order valence-electron chi connectivity index (χ1n) is 9.28. The third-order valence-corrected chi connectivity index (χ3v) is 5.24. The molecule has 2 aromatic rings. The van der Waals surface area contributed by atoms with Crippen LogP contribution < -0.4 is 15.5 Å². The summed E-state index contributed by atoms with van der Waals surface area (Å²) in [6.07, 6.45) is -2.57. The molecule has 0 spiro atoms. The first-order valence-corrected chi connectivity index (χ1v) is 9.28. The number of halogens is 2. The number of rotatable bonds is 6.